The number of unbranched alkanes of at least 4 members (excludes halogenated alkanes) is 1. The number of nitrogens with one attached hydrogen (secondary N) is 1. The van der Waals surface area contributed by atoms with Crippen molar-refractivity contribution in [2.45, 2.75) is 19.8 Å². The van der Waals surface area contributed by atoms with Crippen LogP contribution in [0.25, 0.3) is 0 Å². The number of ether oxygens (including phenoxy) is 1. The first-order chi connectivity index (χ1) is 8.33. The van der Waals surface area contributed by atoms with Crippen LogP contribution in [0.4, 0.5) is 0 Å². The SMILES string of the molecule is CCCCOC(=O)CNCCN1CCSCC1. The van der Waals surface area contributed by atoms with Gasteiger partial charge in [0.05, 0.1) is 13.2 Å². The fraction of sp³-hybridized carbons (Fsp3) is 0.917. The molecule has 0 spiro atoms. The van der Waals surface area contributed by atoms with Crippen molar-refractivity contribution in [2.75, 3.05) is 50.8 Å². The predicted octanol–water partition coefficient (Wildman–Crippen LogP) is 0.968. The second-order valence-corrected chi connectivity index (χ2v) is 5.43. The summed E-state index contributed by atoms with van der Waals surface area (Å²) < 4.78 is 5.06. The normalized spacial score (nSPS) is 17.0. The number of hydrogen-bond acceptors (Lipinski definition) is 5. The van der Waals surface area contributed by atoms with E-state index in [2.05, 4.69) is 17.1 Å². The summed E-state index contributed by atoms with van der Waals surface area (Å²) in [4.78, 5) is 13.7. The summed E-state index contributed by atoms with van der Waals surface area (Å²) in [5.74, 6) is 2.34. The quantitative estimate of drug-likeness (QED) is 0.520. The Kier molecular flexibility index (Phi) is 8.48. The van der Waals surface area contributed by atoms with E-state index in [1.165, 1.54) is 24.6 Å². The summed E-state index contributed by atoms with van der Waals surface area (Å²) in [6.07, 6.45) is 2.02. The van der Waals surface area contributed by atoms with Gasteiger partial charge in [-0.05, 0) is 6.42 Å². The van der Waals surface area contributed by atoms with Crippen LogP contribution in [0.5, 0.6) is 0 Å². The van der Waals surface area contributed by atoms with Crippen LogP contribution in [0.3, 0.4) is 0 Å². The molecule has 1 saturated heterocycles. The van der Waals surface area contributed by atoms with Gasteiger partial charge in [0.2, 0.25) is 0 Å². The van der Waals surface area contributed by atoms with Crippen molar-refractivity contribution in [1.29, 1.82) is 0 Å². The topological polar surface area (TPSA) is 41.6 Å². The second-order valence-electron chi connectivity index (χ2n) is 4.20. The van der Waals surface area contributed by atoms with Gasteiger partial charge in [0.25, 0.3) is 0 Å². The van der Waals surface area contributed by atoms with Crippen molar-refractivity contribution in [3.8, 4) is 0 Å². The summed E-state index contributed by atoms with van der Waals surface area (Å²) >= 11 is 2.02. The smallest absolute Gasteiger partial charge is 0.319 e. The number of esters is 1. The lowest BCUT2D eigenvalue weighted by Gasteiger charge is -2.25. The van der Waals surface area contributed by atoms with Crippen molar-refractivity contribution >= 4 is 17.7 Å². The fourth-order valence-corrected chi connectivity index (χ4v) is 2.61. The summed E-state index contributed by atoms with van der Waals surface area (Å²) in [7, 11) is 0. The van der Waals surface area contributed by atoms with Crippen molar-refractivity contribution in [1.82, 2.24) is 10.2 Å². The highest BCUT2D eigenvalue weighted by atomic mass is 32.2. The van der Waals surface area contributed by atoms with Gasteiger partial charge in [-0.2, -0.15) is 11.8 Å². The van der Waals surface area contributed by atoms with Crippen molar-refractivity contribution < 1.29 is 9.53 Å². The van der Waals surface area contributed by atoms with Gasteiger partial charge < -0.3 is 15.0 Å². The molecule has 1 aliphatic rings. The minimum absolute atomic E-state index is 0.132. The zero-order chi connectivity index (χ0) is 12.3. The van der Waals surface area contributed by atoms with Crippen molar-refractivity contribution in [2.24, 2.45) is 0 Å². The summed E-state index contributed by atoms with van der Waals surface area (Å²) in [6, 6.07) is 0. The van der Waals surface area contributed by atoms with Gasteiger partial charge in [-0.25, -0.2) is 0 Å². The van der Waals surface area contributed by atoms with Gasteiger partial charge in [0.1, 0.15) is 0 Å². The zero-order valence-corrected chi connectivity index (χ0v) is 11.6. The summed E-state index contributed by atoms with van der Waals surface area (Å²) in [6.45, 7) is 7.23. The number of rotatable bonds is 8. The lowest BCUT2D eigenvalue weighted by atomic mass is 10.4. The van der Waals surface area contributed by atoms with Crippen molar-refractivity contribution in [3.05, 3.63) is 0 Å². The van der Waals surface area contributed by atoms with Crippen LogP contribution < -0.4 is 5.32 Å². The number of carbonyl (C=O) groups is 1. The Bertz CT molecular complexity index is 209. The highest BCUT2D eigenvalue weighted by Crippen LogP contribution is 2.07. The molecule has 0 aliphatic carbocycles. The van der Waals surface area contributed by atoms with Crippen molar-refractivity contribution in [3.63, 3.8) is 0 Å². The maximum Gasteiger partial charge on any atom is 0.319 e. The molecular formula is C12H24N2O2S. The van der Waals surface area contributed by atoms with Crippen LogP contribution >= 0.6 is 11.8 Å². The lowest BCUT2D eigenvalue weighted by Crippen LogP contribution is -2.39. The number of carbonyl (C=O) groups excluding carboxylic acids is 1. The molecule has 0 saturated carbocycles. The Morgan fingerprint density at radius 2 is 2.18 bits per heavy atom. The third-order valence-electron chi connectivity index (χ3n) is 2.74. The third kappa shape index (κ3) is 7.63. The van der Waals surface area contributed by atoms with Crippen LogP contribution in [0.15, 0.2) is 0 Å². The summed E-state index contributed by atoms with van der Waals surface area (Å²) in [5.41, 5.74) is 0. The molecule has 1 aliphatic heterocycles. The second kappa shape index (κ2) is 9.74. The van der Waals surface area contributed by atoms with Gasteiger partial charge in [-0.1, -0.05) is 13.3 Å². The molecule has 0 amide bonds. The number of hydrogen-bond donors (Lipinski definition) is 1. The van der Waals surface area contributed by atoms with E-state index in [9.17, 15) is 4.79 Å². The van der Waals surface area contributed by atoms with Crippen LogP contribution in [0, 0.1) is 0 Å². The third-order valence-corrected chi connectivity index (χ3v) is 3.68. The Hall–Kier alpha value is -0.260. The van der Waals surface area contributed by atoms with E-state index in [4.69, 9.17) is 4.74 Å². The standard InChI is InChI=1S/C12H24N2O2S/c1-2-3-8-16-12(15)11-13-4-5-14-6-9-17-10-7-14/h13H,2-11H2,1H3. The van der Waals surface area contributed by atoms with E-state index in [-0.39, 0.29) is 5.97 Å². The Morgan fingerprint density at radius 3 is 2.88 bits per heavy atom. The Morgan fingerprint density at radius 1 is 1.41 bits per heavy atom. The zero-order valence-electron chi connectivity index (χ0n) is 10.7. The molecule has 0 aromatic rings. The molecule has 0 unspecified atom stereocenters. The van der Waals surface area contributed by atoms with Gasteiger partial charge in [-0.3, -0.25) is 4.79 Å². The first-order valence-electron chi connectivity index (χ1n) is 6.49. The van der Waals surface area contributed by atoms with E-state index in [0.29, 0.717) is 13.2 Å². The average molecular weight is 260 g/mol. The molecular weight excluding hydrogens is 236 g/mol. The summed E-state index contributed by atoms with van der Waals surface area (Å²) in [5, 5.41) is 3.14. The maximum absolute atomic E-state index is 11.3. The highest BCUT2D eigenvalue weighted by Gasteiger charge is 2.09. The van der Waals surface area contributed by atoms with Crippen LogP contribution in [-0.4, -0.2) is 61.7 Å². The Labute approximate surface area is 108 Å². The van der Waals surface area contributed by atoms with Crippen LogP contribution in [0.2, 0.25) is 0 Å². The highest BCUT2D eigenvalue weighted by molar-refractivity contribution is 7.99. The molecule has 0 aromatic heterocycles. The molecule has 4 nitrogen and oxygen atoms in total. The molecule has 1 rings (SSSR count). The molecule has 100 valence electrons. The minimum atomic E-state index is -0.132. The van der Waals surface area contributed by atoms with E-state index in [1.807, 2.05) is 11.8 Å². The lowest BCUT2D eigenvalue weighted by molar-refractivity contribution is -0.142. The molecule has 0 aromatic carbocycles. The molecule has 1 fully saturated rings. The molecule has 17 heavy (non-hydrogen) atoms. The first kappa shape index (κ1) is 14.8. The maximum atomic E-state index is 11.3. The van der Waals surface area contributed by atoms with E-state index in [0.717, 1.165) is 25.9 Å². The monoisotopic (exact) mass is 260 g/mol. The number of thioether (sulfide) groups is 1. The minimum Gasteiger partial charge on any atom is -0.465 e. The number of nitrogens with zero attached hydrogens (tertiary/aromatic N) is 1. The first-order valence-corrected chi connectivity index (χ1v) is 7.65. The van der Waals surface area contributed by atoms with Gasteiger partial charge >= 0.3 is 5.97 Å². The largest absolute Gasteiger partial charge is 0.465 e. The van der Waals surface area contributed by atoms with Gasteiger partial charge in [-0.15, -0.1) is 0 Å². The van der Waals surface area contributed by atoms with E-state index in [1.54, 1.807) is 0 Å². The molecule has 5 heteroatoms. The fourth-order valence-electron chi connectivity index (χ4n) is 1.63. The average Bonchev–Trinajstić information content (AvgIpc) is 2.36. The van der Waals surface area contributed by atoms with E-state index >= 15 is 0 Å². The van der Waals surface area contributed by atoms with Gasteiger partial charge in [0.15, 0.2) is 0 Å². The molecule has 0 bridgehead atoms. The molecule has 0 radical (unpaired) electrons. The molecule has 1 heterocycles. The molecule has 0 atom stereocenters. The van der Waals surface area contributed by atoms with Gasteiger partial charge in [0, 0.05) is 37.7 Å². The van der Waals surface area contributed by atoms with E-state index < -0.39 is 0 Å². The Balaban J connectivity index is 1.90. The predicted molar refractivity (Wildman–Crippen MR) is 72.5 cm³/mol. The molecule has 1 N–H and O–H groups in total. The van der Waals surface area contributed by atoms with Crippen LogP contribution in [-0.2, 0) is 9.53 Å². The van der Waals surface area contributed by atoms with Crippen LogP contribution in [0.1, 0.15) is 19.8 Å².